The van der Waals surface area contributed by atoms with Crippen LogP contribution < -0.4 is 10.1 Å². The van der Waals surface area contributed by atoms with E-state index in [0.29, 0.717) is 6.54 Å². The SMILES string of the molecule is Cc1ccc(C)c(OCC(=O)NCCCCCc2nc3ccccc3n2Cc2ccccc2C)c1. The largest absolute Gasteiger partial charge is 0.483 e. The first kappa shape index (κ1) is 24.5. The monoisotopic (exact) mass is 469 g/mol. The molecule has 1 heterocycles. The fraction of sp³-hybridized carbons (Fsp3) is 0.333. The molecule has 4 rings (SSSR count). The van der Waals surface area contributed by atoms with Gasteiger partial charge in [-0.3, -0.25) is 4.79 Å². The molecule has 5 heteroatoms. The van der Waals surface area contributed by atoms with E-state index in [1.807, 2.05) is 38.1 Å². The number of benzene rings is 3. The first-order chi connectivity index (χ1) is 17.0. The van der Waals surface area contributed by atoms with E-state index >= 15 is 0 Å². The van der Waals surface area contributed by atoms with Crippen molar-refractivity contribution >= 4 is 16.9 Å². The maximum Gasteiger partial charge on any atom is 0.257 e. The lowest BCUT2D eigenvalue weighted by Gasteiger charge is -2.12. The summed E-state index contributed by atoms with van der Waals surface area (Å²) in [4.78, 5) is 17.1. The lowest BCUT2D eigenvalue weighted by Crippen LogP contribution is -2.29. The number of unbranched alkanes of at least 4 members (excludes halogenated alkanes) is 2. The van der Waals surface area contributed by atoms with Crippen LogP contribution in [0.2, 0.25) is 0 Å². The van der Waals surface area contributed by atoms with E-state index in [9.17, 15) is 4.79 Å². The molecular formula is C30H35N3O2. The lowest BCUT2D eigenvalue weighted by atomic mass is 10.1. The van der Waals surface area contributed by atoms with Gasteiger partial charge in [0.2, 0.25) is 0 Å². The van der Waals surface area contributed by atoms with Crippen LogP contribution in [0, 0.1) is 20.8 Å². The Bertz CT molecular complexity index is 1290. The Hall–Kier alpha value is -3.60. The van der Waals surface area contributed by atoms with Gasteiger partial charge < -0.3 is 14.6 Å². The second-order valence-corrected chi connectivity index (χ2v) is 9.25. The molecule has 1 N–H and O–H groups in total. The first-order valence-corrected chi connectivity index (χ1v) is 12.5. The molecule has 0 radical (unpaired) electrons. The minimum atomic E-state index is -0.0778. The molecule has 4 aromatic rings. The quantitative estimate of drug-likeness (QED) is 0.278. The molecular weight excluding hydrogens is 434 g/mol. The number of nitrogens with one attached hydrogen (secondary N) is 1. The number of carbonyl (C=O) groups excluding carboxylic acids is 1. The smallest absolute Gasteiger partial charge is 0.257 e. The van der Waals surface area contributed by atoms with Gasteiger partial charge in [-0.1, -0.05) is 55.0 Å². The Labute approximate surface area is 208 Å². The van der Waals surface area contributed by atoms with Gasteiger partial charge in [0.05, 0.1) is 11.0 Å². The average molecular weight is 470 g/mol. The summed E-state index contributed by atoms with van der Waals surface area (Å²) < 4.78 is 8.04. The van der Waals surface area contributed by atoms with Gasteiger partial charge in [0.1, 0.15) is 11.6 Å². The summed E-state index contributed by atoms with van der Waals surface area (Å²) in [5.41, 5.74) is 7.01. The standard InChI is InChI=1S/C30H35N3O2/c1-22-16-17-24(3)28(19-22)35-21-30(34)31-18-10-4-5-15-29-32-26-13-8-9-14-27(26)33(29)20-25-12-7-6-11-23(25)2/h6-9,11-14,16-17,19H,4-5,10,15,18,20-21H2,1-3H3,(H,31,34). The molecule has 0 atom stereocenters. The number of imidazole rings is 1. The Balaban J connectivity index is 1.25. The number of hydrogen-bond donors (Lipinski definition) is 1. The van der Waals surface area contributed by atoms with Crippen LogP contribution in [0.4, 0.5) is 0 Å². The van der Waals surface area contributed by atoms with Gasteiger partial charge >= 0.3 is 0 Å². The van der Waals surface area contributed by atoms with Crippen molar-refractivity contribution in [1.82, 2.24) is 14.9 Å². The van der Waals surface area contributed by atoms with Crippen molar-refractivity contribution in [2.75, 3.05) is 13.2 Å². The highest BCUT2D eigenvalue weighted by atomic mass is 16.5. The van der Waals surface area contributed by atoms with E-state index in [2.05, 4.69) is 59.3 Å². The molecule has 0 fully saturated rings. The molecule has 182 valence electrons. The van der Waals surface area contributed by atoms with Crippen LogP contribution in [0.5, 0.6) is 5.75 Å². The number of aromatic nitrogens is 2. The summed E-state index contributed by atoms with van der Waals surface area (Å²) in [6.45, 7) is 7.71. The highest BCUT2D eigenvalue weighted by molar-refractivity contribution is 5.77. The van der Waals surface area contributed by atoms with Crippen molar-refractivity contribution in [3.05, 3.63) is 94.8 Å². The third-order valence-electron chi connectivity index (χ3n) is 6.43. The van der Waals surface area contributed by atoms with E-state index in [1.165, 1.54) is 16.6 Å². The molecule has 0 unspecified atom stereocenters. The van der Waals surface area contributed by atoms with Crippen molar-refractivity contribution < 1.29 is 9.53 Å². The summed E-state index contributed by atoms with van der Waals surface area (Å²) in [6, 6.07) is 22.9. The number of rotatable bonds is 11. The third-order valence-corrected chi connectivity index (χ3v) is 6.43. The molecule has 0 aliphatic carbocycles. The van der Waals surface area contributed by atoms with E-state index in [0.717, 1.165) is 60.4 Å². The number of nitrogens with zero attached hydrogens (tertiary/aromatic N) is 2. The van der Waals surface area contributed by atoms with Crippen LogP contribution in [0.3, 0.4) is 0 Å². The van der Waals surface area contributed by atoms with Crippen LogP contribution in [0.15, 0.2) is 66.7 Å². The predicted octanol–water partition coefficient (Wildman–Crippen LogP) is 5.92. The molecule has 0 saturated carbocycles. The van der Waals surface area contributed by atoms with E-state index < -0.39 is 0 Å². The molecule has 1 aromatic heterocycles. The number of hydrogen-bond acceptors (Lipinski definition) is 3. The fourth-order valence-corrected chi connectivity index (χ4v) is 4.32. The Kier molecular flexibility index (Phi) is 8.19. The summed E-state index contributed by atoms with van der Waals surface area (Å²) in [5.74, 6) is 1.82. The molecule has 3 aromatic carbocycles. The molecule has 0 aliphatic rings. The molecule has 5 nitrogen and oxygen atoms in total. The number of amides is 1. The van der Waals surface area contributed by atoms with Crippen LogP contribution in [-0.4, -0.2) is 28.6 Å². The lowest BCUT2D eigenvalue weighted by molar-refractivity contribution is -0.123. The minimum absolute atomic E-state index is 0.0488. The average Bonchev–Trinajstić information content (AvgIpc) is 3.20. The second-order valence-electron chi connectivity index (χ2n) is 9.25. The second kappa shape index (κ2) is 11.7. The van der Waals surface area contributed by atoms with Crippen LogP contribution >= 0.6 is 0 Å². The van der Waals surface area contributed by atoms with Gasteiger partial charge in [-0.15, -0.1) is 0 Å². The zero-order chi connectivity index (χ0) is 24.6. The molecule has 0 aliphatic heterocycles. The van der Waals surface area contributed by atoms with Crippen LogP contribution in [0.25, 0.3) is 11.0 Å². The minimum Gasteiger partial charge on any atom is -0.483 e. The molecule has 0 spiro atoms. The number of carbonyl (C=O) groups is 1. The zero-order valence-electron chi connectivity index (χ0n) is 21.0. The van der Waals surface area contributed by atoms with Gasteiger partial charge in [0.25, 0.3) is 5.91 Å². The van der Waals surface area contributed by atoms with Crippen molar-refractivity contribution in [3.8, 4) is 5.75 Å². The van der Waals surface area contributed by atoms with Crippen LogP contribution in [0.1, 0.15) is 47.3 Å². The predicted molar refractivity (Wildman–Crippen MR) is 142 cm³/mol. The summed E-state index contributed by atoms with van der Waals surface area (Å²) in [7, 11) is 0. The van der Waals surface area contributed by atoms with Crippen molar-refractivity contribution in [2.45, 2.75) is 53.0 Å². The first-order valence-electron chi connectivity index (χ1n) is 12.5. The molecule has 1 amide bonds. The highest BCUT2D eigenvalue weighted by Gasteiger charge is 2.12. The Morgan fingerprint density at radius 1 is 0.914 bits per heavy atom. The highest BCUT2D eigenvalue weighted by Crippen LogP contribution is 2.21. The number of fused-ring (bicyclic) bond motifs is 1. The molecule has 35 heavy (non-hydrogen) atoms. The number of aryl methyl sites for hydroxylation is 4. The van der Waals surface area contributed by atoms with E-state index in [4.69, 9.17) is 9.72 Å². The van der Waals surface area contributed by atoms with Crippen molar-refractivity contribution in [1.29, 1.82) is 0 Å². The van der Waals surface area contributed by atoms with Gasteiger partial charge in [0, 0.05) is 19.5 Å². The summed E-state index contributed by atoms with van der Waals surface area (Å²) >= 11 is 0. The Morgan fingerprint density at radius 3 is 2.57 bits per heavy atom. The summed E-state index contributed by atoms with van der Waals surface area (Å²) in [5, 5.41) is 2.97. The van der Waals surface area contributed by atoms with Crippen LogP contribution in [-0.2, 0) is 17.8 Å². The third kappa shape index (κ3) is 6.50. The fourth-order valence-electron chi connectivity index (χ4n) is 4.32. The van der Waals surface area contributed by atoms with Crippen molar-refractivity contribution in [3.63, 3.8) is 0 Å². The maximum absolute atomic E-state index is 12.2. The van der Waals surface area contributed by atoms with Crippen molar-refractivity contribution in [2.24, 2.45) is 0 Å². The Morgan fingerprint density at radius 2 is 1.71 bits per heavy atom. The normalized spacial score (nSPS) is 11.1. The molecule has 0 saturated heterocycles. The van der Waals surface area contributed by atoms with Gasteiger partial charge in [-0.2, -0.15) is 0 Å². The van der Waals surface area contributed by atoms with E-state index in [1.54, 1.807) is 0 Å². The van der Waals surface area contributed by atoms with Gasteiger partial charge in [-0.25, -0.2) is 4.98 Å². The topological polar surface area (TPSA) is 56.1 Å². The molecule has 0 bridgehead atoms. The number of ether oxygens (including phenoxy) is 1. The van der Waals surface area contributed by atoms with Gasteiger partial charge in [0.15, 0.2) is 6.61 Å². The number of para-hydroxylation sites is 2. The zero-order valence-corrected chi connectivity index (χ0v) is 21.0. The van der Waals surface area contributed by atoms with Gasteiger partial charge in [-0.05, 0) is 74.1 Å². The van der Waals surface area contributed by atoms with E-state index in [-0.39, 0.29) is 12.5 Å². The maximum atomic E-state index is 12.2. The summed E-state index contributed by atoms with van der Waals surface area (Å²) in [6.07, 6.45) is 3.93.